The van der Waals surface area contributed by atoms with E-state index in [1.807, 2.05) is 84.9 Å². The predicted octanol–water partition coefficient (Wildman–Crippen LogP) is 16.9. The number of rotatable bonds is 12. The molecule has 0 heterocycles. The lowest BCUT2D eigenvalue weighted by Gasteiger charge is -2.31. The van der Waals surface area contributed by atoms with E-state index in [4.69, 9.17) is 23.2 Å². The zero-order valence-electron chi connectivity index (χ0n) is 32.6. The van der Waals surface area contributed by atoms with Crippen LogP contribution in [0, 0.1) is 0 Å². The SMILES string of the molecule is Clc1ccccc1N(c1ccccc1)c1ccc(N(c2ccccc2)c2cccc(N(c3ccccc3)c3ccc(N(c4ccccc4)c4ccccc4Cl)cc3)c2)cc1. The summed E-state index contributed by atoms with van der Waals surface area (Å²) in [5, 5.41) is 1.36. The Morgan fingerprint density at radius 1 is 0.200 bits per heavy atom. The monoisotopic (exact) mass is 814 g/mol. The van der Waals surface area contributed by atoms with Crippen LogP contribution in [-0.4, -0.2) is 0 Å². The lowest BCUT2D eigenvalue weighted by atomic mass is 10.1. The molecule has 0 N–H and O–H groups in total. The molecule has 0 aliphatic rings. The predicted molar refractivity (Wildman–Crippen MR) is 255 cm³/mol. The van der Waals surface area contributed by atoms with Crippen LogP contribution in [0.2, 0.25) is 10.0 Å². The lowest BCUT2D eigenvalue weighted by molar-refractivity contribution is 1.23. The molecule has 60 heavy (non-hydrogen) atoms. The Morgan fingerprint density at radius 3 is 0.750 bits per heavy atom. The van der Waals surface area contributed by atoms with Gasteiger partial charge in [0.1, 0.15) is 0 Å². The molecule has 6 heteroatoms. The third-order valence-electron chi connectivity index (χ3n) is 10.3. The minimum absolute atomic E-state index is 0.680. The second-order valence-electron chi connectivity index (χ2n) is 14.1. The van der Waals surface area contributed by atoms with E-state index in [0.29, 0.717) is 10.0 Å². The fourth-order valence-electron chi connectivity index (χ4n) is 7.60. The first-order valence-electron chi connectivity index (χ1n) is 19.8. The summed E-state index contributed by atoms with van der Waals surface area (Å²) in [4.78, 5) is 8.97. The van der Waals surface area contributed by atoms with Crippen LogP contribution < -0.4 is 19.6 Å². The van der Waals surface area contributed by atoms with Crippen LogP contribution >= 0.6 is 23.2 Å². The van der Waals surface area contributed by atoms with Gasteiger partial charge in [0, 0.05) is 56.9 Å². The van der Waals surface area contributed by atoms with Gasteiger partial charge in [-0.3, -0.25) is 0 Å². The molecule has 0 unspecified atom stereocenters. The molecule has 9 rings (SSSR count). The molecule has 4 nitrogen and oxygen atoms in total. The fourth-order valence-corrected chi connectivity index (χ4v) is 8.04. The Bertz CT molecular complexity index is 2590. The van der Waals surface area contributed by atoms with E-state index in [1.165, 1.54) is 0 Å². The average Bonchev–Trinajstić information content (AvgIpc) is 3.31. The summed E-state index contributed by atoms with van der Waals surface area (Å²) in [6.07, 6.45) is 0. The fraction of sp³-hybridized carbons (Fsp3) is 0. The van der Waals surface area contributed by atoms with E-state index in [-0.39, 0.29) is 0 Å². The first kappa shape index (κ1) is 38.3. The highest BCUT2D eigenvalue weighted by Gasteiger charge is 2.21. The summed E-state index contributed by atoms with van der Waals surface area (Å²) in [7, 11) is 0. The van der Waals surface area contributed by atoms with Gasteiger partial charge in [-0.25, -0.2) is 0 Å². The van der Waals surface area contributed by atoms with Gasteiger partial charge in [0.05, 0.1) is 21.4 Å². The number of halogens is 2. The van der Waals surface area contributed by atoms with Gasteiger partial charge in [-0.15, -0.1) is 0 Å². The second kappa shape index (κ2) is 17.7. The molecule has 290 valence electrons. The quantitative estimate of drug-likeness (QED) is 0.122. The number of nitrogens with zero attached hydrogens (tertiary/aromatic N) is 4. The molecule has 0 fully saturated rings. The van der Waals surface area contributed by atoms with Crippen LogP contribution in [-0.2, 0) is 0 Å². The van der Waals surface area contributed by atoms with E-state index < -0.39 is 0 Å². The maximum absolute atomic E-state index is 6.81. The van der Waals surface area contributed by atoms with Gasteiger partial charge >= 0.3 is 0 Å². The van der Waals surface area contributed by atoms with Crippen LogP contribution in [0.25, 0.3) is 0 Å². The highest BCUT2D eigenvalue weighted by molar-refractivity contribution is 6.34. The molecule has 0 amide bonds. The standard InChI is InChI=1S/C54H40Cl2N4/c55-51-28-13-15-30-53(51)59(43-22-9-3-10-23-43)47-36-32-45(33-37-47)57(41-18-5-1-6-19-41)49-26-17-27-50(40-49)58(42-20-7-2-8-21-42)46-34-38-48(39-35-46)60(44-24-11-4-12-25-44)54-31-16-14-29-52(54)56/h1-40H. The van der Waals surface area contributed by atoms with Crippen LogP contribution in [0.5, 0.6) is 0 Å². The van der Waals surface area contributed by atoms with E-state index in [9.17, 15) is 0 Å². The molecule has 0 radical (unpaired) electrons. The molecule has 0 aromatic heterocycles. The minimum Gasteiger partial charge on any atom is -0.310 e. The Labute approximate surface area is 362 Å². The second-order valence-corrected chi connectivity index (χ2v) is 15.0. The third-order valence-corrected chi connectivity index (χ3v) is 11.0. The number of hydrogen-bond donors (Lipinski definition) is 0. The number of anilines is 12. The Kier molecular flexibility index (Phi) is 11.3. The van der Waals surface area contributed by atoms with Crippen molar-refractivity contribution in [2.45, 2.75) is 0 Å². The molecular weight excluding hydrogens is 776 g/mol. The molecule has 0 atom stereocenters. The van der Waals surface area contributed by atoms with Crippen molar-refractivity contribution < 1.29 is 0 Å². The Balaban J connectivity index is 1.11. The zero-order valence-corrected chi connectivity index (χ0v) is 34.2. The molecule has 0 saturated carbocycles. The molecule has 0 aliphatic heterocycles. The zero-order chi connectivity index (χ0) is 40.7. The van der Waals surface area contributed by atoms with Gasteiger partial charge in [0.15, 0.2) is 0 Å². The maximum atomic E-state index is 6.81. The Hall–Kier alpha value is -7.24. The van der Waals surface area contributed by atoms with Crippen molar-refractivity contribution in [3.05, 3.63) is 253 Å². The van der Waals surface area contributed by atoms with E-state index in [1.54, 1.807) is 0 Å². The van der Waals surface area contributed by atoms with Crippen LogP contribution in [0.15, 0.2) is 243 Å². The van der Waals surface area contributed by atoms with Gasteiger partial charge in [0.2, 0.25) is 0 Å². The maximum Gasteiger partial charge on any atom is 0.0647 e. The summed E-state index contributed by atoms with van der Waals surface area (Å²) in [5.41, 5.74) is 12.0. The molecule has 0 aliphatic carbocycles. The molecule has 0 saturated heterocycles. The lowest BCUT2D eigenvalue weighted by Crippen LogP contribution is -2.14. The highest BCUT2D eigenvalue weighted by Crippen LogP contribution is 2.44. The van der Waals surface area contributed by atoms with Crippen LogP contribution in [0.1, 0.15) is 0 Å². The van der Waals surface area contributed by atoms with Crippen molar-refractivity contribution >= 4 is 91.5 Å². The van der Waals surface area contributed by atoms with Gasteiger partial charge in [-0.1, -0.05) is 126 Å². The van der Waals surface area contributed by atoms with Crippen molar-refractivity contribution in [2.24, 2.45) is 0 Å². The summed E-state index contributed by atoms with van der Waals surface area (Å²) >= 11 is 13.6. The van der Waals surface area contributed by atoms with Crippen molar-refractivity contribution in [3.63, 3.8) is 0 Å². The van der Waals surface area contributed by atoms with Crippen molar-refractivity contribution in [3.8, 4) is 0 Å². The van der Waals surface area contributed by atoms with Crippen molar-refractivity contribution in [2.75, 3.05) is 19.6 Å². The summed E-state index contributed by atoms with van der Waals surface area (Å²) in [6.45, 7) is 0. The number of para-hydroxylation sites is 6. The van der Waals surface area contributed by atoms with Gasteiger partial charge in [0.25, 0.3) is 0 Å². The molecule has 9 aromatic rings. The van der Waals surface area contributed by atoms with Gasteiger partial charge < -0.3 is 19.6 Å². The van der Waals surface area contributed by atoms with Crippen LogP contribution in [0.4, 0.5) is 68.2 Å². The average molecular weight is 816 g/mol. The van der Waals surface area contributed by atoms with Crippen molar-refractivity contribution in [1.29, 1.82) is 0 Å². The third kappa shape index (κ3) is 8.07. The normalized spacial score (nSPS) is 10.8. The van der Waals surface area contributed by atoms with E-state index in [2.05, 4.69) is 177 Å². The molecule has 9 aromatic carbocycles. The number of hydrogen-bond acceptors (Lipinski definition) is 4. The molecule has 0 bridgehead atoms. The van der Waals surface area contributed by atoms with Crippen LogP contribution in [0.3, 0.4) is 0 Å². The Morgan fingerprint density at radius 2 is 0.433 bits per heavy atom. The summed E-state index contributed by atoms with van der Waals surface area (Å²) in [6, 6.07) is 83.6. The largest absolute Gasteiger partial charge is 0.310 e. The topological polar surface area (TPSA) is 13.0 Å². The van der Waals surface area contributed by atoms with E-state index >= 15 is 0 Å². The van der Waals surface area contributed by atoms with Gasteiger partial charge in [-0.2, -0.15) is 0 Å². The molecular formula is C54H40Cl2N4. The van der Waals surface area contributed by atoms with Crippen molar-refractivity contribution in [1.82, 2.24) is 0 Å². The van der Waals surface area contributed by atoms with E-state index in [0.717, 1.165) is 68.2 Å². The highest BCUT2D eigenvalue weighted by atomic mass is 35.5. The summed E-state index contributed by atoms with van der Waals surface area (Å²) in [5.74, 6) is 0. The minimum atomic E-state index is 0.680. The number of benzene rings is 9. The van der Waals surface area contributed by atoms with Gasteiger partial charge in [-0.05, 0) is 140 Å². The smallest absolute Gasteiger partial charge is 0.0647 e. The summed E-state index contributed by atoms with van der Waals surface area (Å²) < 4.78 is 0. The first-order chi connectivity index (χ1) is 29.6. The first-order valence-corrected chi connectivity index (χ1v) is 20.6. The molecule has 0 spiro atoms.